The Labute approximate surface area is 175 Å². The largest absolute Gasteiger partial charge is 0.341 e. The summed E-state index contributed by atoms with van der Waals surface area (Å²) < 4.78 is 0. The van der Waals surface area contributed by atoms with E-state index >= 15 is 0 Å². The van der Waals surface area contributed by atoms with E-state index in [-0.39, 0.29) is 11.8 Å². The van der Waals surface area contributed by atoms with Gasteiger partial charge < -0.3 is 15.6 Å². The van der Waals surface area contributed by atoms with Gasteiger partial charge in [-0.1, -0.05) is 12.1 Å². The third-order valence-corrected chi connectivity index (χ3v) is 5.13. The fourth-order valence-corrected chi connectivity index (χ4v) is 3.64. The Bertz CT molecular complexity index is 989. The predicted octanol–water partition coefficient (Wildman–Crippen LogP) is 2.28. The van der Waals surface area contributed by atoms with Crippen LogP contribution >= 0.6 is 0 Å². The van der Waals surface area contributed by atoms with Gasteiger partial charge in [0.2, 0.25) is 11.8 Å². The first-order chi connectivity index (χ1) is 14.5. The van der Waals surface area contributed by atoms with Crippen molar-refractivity contribution in [3.05, 3.63) is 54.4 Å². The SMILES string of the molecule is CC(=O)Nc1ccc(NC(=O)CN2CCN(Cc3nc4ccccc4[nH]3)CC2)cc1. The van der Waals surface area contributed by atoms with E-state index in [1.54, 1.807) is 24.3 Å². The summed E-state index contributed by atoms with van der Waals surface area (Å²) in [4.78, 5) is 36.0. The maximum Gasteiger partial charge on any atom is 0.238 e. The highest BCUT2D eigenvalue weighted by atomic mass is 16.2. The van der Waals surface area contributed by atoms with Crippen molar-refractivity contribution < 1.29 is 9.59 Å². The zero-order chi connectivity index (χ0) is 20.9. The second-order valence-electron chi connectivity index (χ2n) is 7.56. The van der Waals surface area contributed by atoms with Crippen molar-refractivity contribution in [1.82, 2.24) is 19.8 Å². The van der Waals surface area contributed by atoms with E-state index in [1.165, 1.54) is 6.92 Å². The summed E-state index contributed by atoms with van der Waals surface area (Å²) in [7, 11) is 0. The third kappa shape index (κ3) is 5.22. The molecule has 0 radical (unpaired) electrons. The van der Waals surface area contributed by atoms with E-state index < -0.39 is 0 Å². The molecule has 2 aromatic carbocycles. The maximum atomic E-state index is 12.4. The topological polar surface area (TPSA) is 93.4 Å². The number of imidazole rings is 1. The number of anilines is 2. The molecule has 0 unspecified atom stereocenters. The number of carbonyl (C=O) groups is 2. The van der Waals surface area contributed by atoms with Crippen LogP contribution < -0.4 is 10.6 Å². The number of amides is 2. The summed E-state index contributed by atoms with van der Waals surface area (Å²) in [5.41, 5.74) is 3.49. The van der Waals surface area contributed by atoms with Crippen LogP contribution in [0.5, 0.6) is 0 Å². The first-order valence-corrected chi connectivity index (χ1v) is 10.1. The molecule has 1 saturated heterocycles. The van der Waals surface area contributed by atoms with Crippen molar-refractivity contribution in [1.29, 1.82) is 0 Å². The van der Waals surface area contributed by atoms with Crippen molar-refractivity contribution in [2.75, 3.05) is 43.4 Å². The molecule has 3 aromatic rings. The quantitative estimate of drug-likeness (QED) is 0.584. The van der Waals surface area contributed by atoms with Crippen LogP contribution in [-0.4, -0.2) is 64.3 Å². The molecule has 1 fully saturated rings. The summed E-state index contributed by atoms with van der Waals surface area (Å²) in [6.07, 6.45) is 0. The van der Waals surface area contributed by atoms with Crippen LogP contribution in [0.2, 0.25) is 0 Å². The molecule has 30 heavy (non-hydrogen) atoms. The second-order valence-corrected chi connectivity index (χ2v) is 7.56. The van der Waals surface area contributed by atoms with Crippen LogP contribution in [0.3, 0.4) is 0 Å². The molecule has 1 aliphatic rings. The molecule has 1 aromatic heterocycles. The Morgan fingerprint density at radius 2 is 1.57 bits per heavy atom. The molecule has 0 saturated carbocycles. The Hall–Kier alpha value is -3.23. The number of H-pyrrole nitrogens is 1. The van der Waals surface area contributed by atoms with Gasteiger partial charge in [0.1, 0.15) is 5.82 Å². The van der Waals surface area contributed by atoms with Gasteiger partial charge in [0.05, 0.1) is 24.1 Å². The van der Waals surface area contributed by atoms with Gasteiger partial charge in [0.25, 0.3) is 0 Å². The van der Waals surface area contributed by atoms with Gasteiger partial charge >= 0.3 is 0 Å². The van der Waals surface area contributed by atoms with Crippen molar-refractivity contribution in [3.63, 3.8) is 0 Å². The van der Waals surface area contributed by atoms with Gasteiger partial charge in [-0.05, 0) is 36.4 Å². The standard InChI is InChI=1S/C22H26N6O2/c1-16(29)23-17-6-8-18(9-7-17)24-22(30)15-28-12-10-27(11-13-28)14-21-25-19-4-2-3-5-20(19)26-21/h2-9H,10-15H2,1H3,(H,23,29)(H,24,30)(H,25,26). The average Bonchev–Trinajstić information content (AvgIpc) is 3.13. The minimum absolute atomic E-state index is 0.0342. The van der Waals surface area contributed by atoms with Gasteiger partial charge in [0, 0.05) is 44.5 Å². The van der Waals surface area contributed by atoms with Crippen molar-refractivity contribution in [2.24, 2.45) is 0 Å². The number of aromatic amines is 1. The highest BCUT2D eigenvalue weighted by Gasteiger charge is 2.20. The maximum absolute atomic E-state index is 12.4. The number of nitrogens with zero attached hydrogens (tertiary/aromatic N) is 3. The molecule has 1 aliphatic heterocycles. The van der Waals surface area contributed by atoms with Crippen LogP contribution in [0.1, 0.15) is 12.7 Å². The lowest BCUT2D eigenvalue weighted by molar-refractivity contribution is -0.117. The summed E-state index contributed by atoms with van der Waals surface area (Å²) >= 11 is 0. The number of carbonyl (C=O) groups excluding carboxylic acids is 2. The number of fused-ring (bicyclic) bond motifs is 1. The van der Waals surface area contributed by atoms with E-state index in [4.69, 9.17) is 0 Å². The molecule has 4 rings (SSSR count). The Balaban J connectivity index is 1.22. The molecule has 2 amide bonds. The number of hydrogen-bond donors (Lipinski definition) is 3. The van der Waals surface area contributed by atoms with Crippen LogP contribution in [-0.2, 0) is 16.1 Å². The van der Waals surface area contributed by atoms with E-state index in [9.17, 15) is 9.59 Å². The Morgan fingerprint density at radius 1 is 0.933 bits per heavy atom. The highest BCUT2D eigenvalue weighted by molar-refractivity contribution is 5.93. The fourth-order valence-electron chi connectivity index (χ4n) is 3.64. The lowest BCUT2D eigenvalue weighted by atomic mass is 10.2. The Morgan fingerprint density at radius 3 is 2.23 bits per heavy atom. The number of benzene rings is 2. The number of piperazine rings is 1. The van der Waals surface area contributed by atoms with Gasteiger partial charge in [-0.15, -0.1) is 0 Å². The number of aromatic nitrogens is 2. The summed E-state index contributed by atoms with van der Waals surface area (Å²) in [5.74, 6) is 0.823. The average molecular weight is 406 g/mol. The Kier molecular flexibility index (Phi) is 6.06. The molecule has 0 bridgehead atoms. The first-order valence-electron chi connectivity index (χ1n) is 10.1. The van der Waals surface area contributed by atoms with E-state index in [2.05, 4.69) is 30.4 Å². The molecule has 0 atom stereocenters. The zero-order valence-electron chi connectivity index (χ0n) is 17.0. The molecule has 8 nitrogen and oxygen atoms in total. The molecule has 0 aliphatic carbocycles. The molecule has 0 spiro atoms. The number of rotatable bonds is 6. The van der Waals surface area contributed by atoms with E-state index in [0.29, 0.717) is 12.2 Å². The van der Waals surface area contributed by atoms with Gasteiger partial charge in [-0.3, -0.25) is 19.4 Å². The van der Waals surface area contributed by atoms with Crippen molar-refractivity contribution in [3.8, 4) is 0 Å². The highest BCUT2D eigenvalue weighted by Crippen LogP contribution is 2.15. The molecular formula is C22H26N6O2. The van der Waals surface area contributed by atoms with E-state index in [0.717, 1.165) is 55.3 Å². The fraction of sp³-hybridized carbons (Fsp3) is 0.318. The zero-order valence-corrected chi connectivity index (χ0v) is 17.0. The number of para-hydroxylation sites is 2. The van der Waals surface area contributed by atoms with Crippen LogP contribution in [0.4, 0.5) is 11.4 Å². The predicted molar refractivity (Wildman–Crippen MR) is 117 cm³/mol. The molecular weight excluding hydrogens is 380 g/mol. The summed E-state index contributed by atoms with van der Waals surface area (Å²) in [5, 5.41) is 5.62. The van der Waals surface area contributed by atoms with Gasteiger partial charge in [-0.2, -0.15) is 0 Å². The van der Waals surface area contributed by atoms with Gasteiger partial charge in [0.15, 0.2) is 0 Å². The van der Waals surface area contributed by atoms with Crippen molar-refractivity contribution >= 4 is 34.2 Å². The lowest BCUT2D eigenvalue weighted by Gasteiger charge is -2.33. The minimum Gasteiger partial charge on any atom is -0.341 e. The monoisotopic (exact) mass is 406 g/mol. The first kappa shape index (κ1) is 20.1. The van der Waals surface area contributed by atoms with Gasteiger partial charge in [-0.25, -0.2) is 4.98 Å². The molecule has 2 heterocycles. The molecule has 156 valence electrons. The smallest absolute Gasteiger partial charge is 0.238 e. The van der Waals surface area contributed by atoms with Crippen LogP contribution in [0, 0.1) is 0 Å². The lowest BCUT2D eigenvalue weighted by Crippen LogP contribution is -2.48. The van der Waals surface area contributed by atoms with Crippen LogP contribution in [0.25, 0.3) is 11.0 Å². The molecule has 8 heteroatoms. The number of nitrogens with one attached hydrogen (secondary N) is 3. The normalized spacial score (nSPS) is 15.2. The third-order valence-electron chi connectivity index (χ3n) is 5.13. The minimum atomic E-state index is -0.119. The summed E-state index contributed by atoms with van der Waals surface area (Å²) in [6, 6.07) is 15.2. The second kappa shape index (κ2) is 9.06. The van der Waals surface area contributed by atoms with Crippen LogP contribution in [0.15, 0.2) is 48.5 Å². The molecule has 3 N–H and O–H groups in total. The summed E-state index contributed by atoms with van der Waals surface area (Å²) in [6.45, 7) is 6.10. The van der Waals surface area contributed by atoms with Crippen molar-refractivity contribution in [2.45, 2.75) is 13.5 Å². The number of hydrogen-bond acceptors (Lipinski definition) is 5. The van der Waals surface area contributed by atoms with E-state index in [1.807, 2.05) is 24.3 Å².